The number of nitrogens with zero attached hydrogens (tertiary/aromatic N) is 1. The number of benzene rings is 1. The van der Waals surface area contributed by atoms with Crippen LogP contribution < -0.4 is 5.32 Å². The van der Waals surface area contributed by atoms with Gasteiger partial charge in [-0.2, -0.15) is 4.31 Å². The van der Waals surface area contributed by atoms with Crippen LogP contribution in [-0.4, -0.2) is 42.8 Å². The van der Waals surface area contributed by atoms with E-state index < -0.39 is 16.0 Å². The van der Waals surface area contributed by atoms with Gasteiger partial charge in [-0.3, -0.25) is 4.79 Å². The van der Waals surface area contributed by atoms with Gasteiger partial charge in [0.2, 0.25) is 10.0 Å². The molecule has 26 heavy (non-hydrogen) atoms. The van der Waals surface area contributed by atoms with Gasteiger partial charge in [0.15, 0.2) is 0 Å². The lowest BCUT2D eigenvalue weighted by atomic mass is 10.1. The fourth-order valence-electron chi connectivity index (χ4n) is 2.69. The topological polar surface area (TPSA) is 104 Å². The zero-order valence-electron chi connectivity index (χ0n) is 13.8. The molecule has 0 saturated carbocycles. The number of hydrogen-bond donors (Lipinski definition) is 2. The summed E-state index contributed by atoms with van der Waals surface area (Å²) in [5, 5.41) is 13.1. The quantitative estimate of drug-likeness (QED) is 0.781. The number of nitrogens with one attached hydrogen (secondary N) is 1. The molecular formula is C17H18N2O5S2. The highest BCUT2D eigenvalue weighted by Crippen LogP contribution is 2.25. The van der Waals surface area contributed by atoms with Gasteiger partial charge in [-0.1, -0.05) is 12.1 Å². The zero-order chi connectivity index (χ0) is 18.7. The van der Waals surface area contributed by atoms with Crippen molar-refractivity contribution in [3.05, 3.63) is 51.7 Å². The van der Waals surface area contributed by atoms with Crippen molar-refractivity contribution >= 4 is 33.2 Å². The Balaban J connectivity index is 1.64. The van der Waals surface area contributed by atoms with Crippen molar-refractivity contribution in [2.45, 2.75) is 24.3 Å². The first-order valence-electron chi connectivity index (χ1n) is 8.07. The minimum atomic E-state index is -3.52. The van der Waals surface area contributed by atoms with Gasteiger partial charge in [0.1, 0.15) is 0 Å². The standard InChI is InChI=1S/C17H18N2O5S2/c20-16(18-10-12-3-5-13(6-4-12)17(21)22)15-9-14(11-25-15)26(23,24)19-7-1-2-8-19/h3-6,9,11H,1-2,7-8,10H2,(H,18,20)(H,21,22). The van der Waals surface area contributed by atoms with Gasteiger partial charge in [0, 0.05) is 25.0 Å². The molecule has 0 unspecified atom stereocenters. The Bertz CT molecular complexity index is 913. The minimum Gasteiger partial charge on any atom is -0.478 e. The molecule has 0 atom stereocenters. The number of carbonyl (C=O) groups excluding carboxylic acids is 1. The summed E-state index contributed by atoms with van der Waals surface area (Å²) in [4.78, 5) is 23.5. The van der Waals surface area contributed by atoms with Crippen LogP contribution in [0.15, 0.2) is 40.6 Å². The molecule has 0 bridgehead atoms. The highest BCUT2D eigenvalue weighted by atomic mass is 32.2. The van der Waals surface area contributed by atoms with E-state index in [2.05, 4.69) is 5.32 Å². The molecule has 1 aromatic heterocycles. The third-order valence-corrected chi connectivity index (χ3v) is 7.11. The average molecular weight is 394 g/mol. The van der Waals surface area contributed by atoms with Gasteiger partial charge in [0.05, 0.1) is 15.3 Å². The first-order valence-corrected chi connectivity index (χ1v) is 10.4. The number of carboxylic acid groups (broad SMARTS) is 1. The summed E-state index contributed by atoms with van der Waals surface area (Å²) in [5.41, 5.74) is 0.930. The Hall–Kier alpha value is -2.23. The van der Waals surface area contributed by atoms with Crippen molar-refractivity contribution in [3.8, 4) is 0 Å². The van der Waals surface area contributed by atoms with Crippen LogP contribution in [-0.2, 0) is 16.6 Å². The number of rotatable bonds is 6. The van der Waals surface area contributed by atoms with Crippen LogP contribution in [0, 0.1) is 0 Å². The van der Waals surface area contributed by atoms with Gasteiger partial charge in [-0.15, -0.1) is 11.3 Å². The normalized spacial score (nSPS) is 15.1. The summed E-state index contributed by atoms with van der Waals surface area (Å²) in [5.74, 6) is -1.37. The van der Waals surface area contributed by atoms with Crippen LogP contribution in [0.5, 0.6) is 0 Å². The number of hydrogen-bond acceptors (Lipinski definition) is 5. The third kappa shape index (κ3) is 3.95. The molecule has 1 fully saturated rings. The maximum Gasteiger partial charge on any atom is 0.335 e. The summed E-state index contributed by atoms with van der Waals surface area (Å²) in [6, 6.07) is 7.59. The lowest BCUT2D eigenvalue weighted by molar-refractivity contribution is 0.0696. The molecule has 0 spiro atoms. The Labute approximate surface area is 155 Å². The van der Waals surface area contributed by atoms with E-state index >= 15 is 0 Å². The van der Waals surface area contributed by atoms with Gasteiger partial charge < -0.3 is 10.4 Å². The monoisotopic (exact) mass is 394 g/mol. The van der Waals surface area contributed by atoms with Gasteiger partial charge in [0.25, 0.3) is 5.91 Å². The maximum absolute atomic E-state index is 12.5. The summed E-state index contributed by atoms with van der Waals surface area (Å²) < 4.78 is 26.4. The molecule has 9 heteroatoms. The first kappa shape index (κ1) is 18.6. The van der Waals surface area contributed by atoms with Crippen LogP contribution in [0.2, 0.25) is 0 Å². The molecule has 0 radical (unpaired) electrons. The van der Waals surface area contributed by atoms with E-state index in [0.717, 1.165) is 29.7 Å². The summed E-state index contributed by atoms with van der Waals surface area (Å²) >= 11 is 1.09. The Kier molecular flexibility index (Phi) is 5.40. The predicted octanol–water partition coefficient (Wildman–Crippen LogP) is 2.16. The van der Waals surface area contributed by atoms with Crippen LogP contribution in [0.1, 0.15) is 38.4 Å². The fourth-order valence-corrected chi connectivity index (χ4v) is 5.38. The molecule has 2 heterocycles. The first-order chi connectivity index (χ1) is 12.4. The number of aromatic carboxylic acids is 1. The minimum absolute atomic E-state index is 0.153. The van der Waals surface area contributed by atoms with Crippen molar-refractivity contribution in [2.75, 3.05) is 13.1 Å². The Morgan fingerprint density at radius 1 is 1.15 bits per heavy atom. The van der Waals surface area contributed by atoms with Crippen LogP contribution in [0.25, 0.3) is 0 Å². The molecule has 7 nitrogen and oxygen atoms in total. The third-order valence-electron chi connectivity index (χ3n) is 4.16. The number of sulfonamides is 1. The van der Waals surface area contributed by atoms with E-state index in [-0.39, 0.29) is 22.9 Å². The molecule has 1 saturated heterocycles. The largest absolute Gasteiger partial charge is 0.478 e. The molecule has 1 aromatic carbocycles. The van der Waals surface area contributed by atoms with E-state index in [1.54, 1.807) is 12.1 Å². The lowest BCUT2D eigenvalue weighted by Crippen LogP contribution is -2.27. The van der Waals surface area contributed by atoms with Crippen molar-refractivity contribution in [1.29, 1.82) is 0 Å². The average Bonchev–Trinajstić information content (AvgIpc) is 3.31. The van der Waals surface area contributed by atoms with E-state index in [4.69, 9.17) is 5.11 Å². The van der Waals surface area contributed by atoms with Gasteiger partial charge in [-0.05, 0) is 36.6 Å². The van der Waals surface area contributed by atoms with E-state index in [1.807, 2.05) is 0 Å². The zero-order valence-corrected chi connectivity index (χ0v) is 15.5. The lowest BCUT2D eigenvalue weighted by Gasteiger charge is -2.13. The second-order valence-corrected chi connectivity index (χ2v) is 8.79. The van der Waals surface area contributed by atoms with Gasteiger partial charge in [-0.25, -0.2) is 13.2 Å². The van der Waals surface area contributed by atoms with Crippen LogP contribution in [0.3, 0.4) is 0 Å². The molecule has 2 aromatic rings. The number of carboxylic acids is 1. The van der Waals surface area contributed by atoms with Crippen molar-refractivity contribution in [2.24, 2.45) is 0 Å². The van der Waals surface area contributed by atoms with E-state index in [0.29, 0.717) is 18.0 Å². The SMILES string of the molecule is O=C(O)c1ccc(CNC(=O)c2cc(S(=O)(=O)N3CCCC3)cs2)cc1. The van der Waals surface area contributed by atoms with E-state index in [9.17, 15) is 18.0 Å². The smallest absolute Gasteiger partial charge is 0.335 e. The Morgan fingerprint density at radius 3 is 2.42 bits per heavy atom. The second-order valence-electron chi connectivity index (χ2n) is 5.94. The van der Waals surface area contributed by atoms with Crippen molar-refractivity contribution < 1.29 is 23.1 Å². The molecule has 1 aliphatic rings. The molecular weight excluding hydrogens is 376 g/mol. The second kappa shape index (κ2) is 7.56. The molecule has 2 N–H and O–H groups in total. The summed E-state index contributed by atoms with van der Waals surface area (Å²) in [6.07, 6.45) is 1.72. The number of thiophene rings is 1. The molecule has 0 aliphatic carbocycles. The Morgan fingerprint density at radius 2 is 1.81 bits per heavy atom. The molecule has 1 aliphatic heterocycles. The van der Waals surface area contributed by atoms with Crippen molar-refractivity contribution in [1.82, 2.24) is 9.62 Å². The maximum atomic E-state index is 12.5. The number of carbonyl (C=O) groups is 2. The molecule has 138 valence electrons. The summed E-state index contributed by atoms with van der Waals surface area (Å²) in [7, 11) is -3.52. The van der Waals surface area contributed by atoms with Crippen LogP contribution in [0.4, 0.5) is 0 Å². The molecule has 3 rings (SSSR count). The van der Waals surface area contributed by atoms with Crippen LogP contribution >= 0.6 is 11.3 Å². The highest BCUT2D eigenvalue weighted by molar-refractivity contribution is 7.89. The van der Waals surface area contributed by atoms with Gasteiger partial charge >= 0.3 is 5.97 Å². The summed E-state index contributed by atoms with van der Waals surface area (Å²) in [6.45, 7) is 1.27. The highest BCUT2D eigenvalue weighted by Gasteiger charge is 2.28. The predicted molar refractivity (Wildman–Crippen MR) is 96.9 cm³/mol. The number of amides is 1. The molecule has 1 amide bonds. The van der Waals surface area contributed by atoms with E-state index in [1.165, 1.54) is 27.9 Å². The fraction of sp³-hybridized carbons (Fsp3) is 0.294. The van der Waals surface area contributed by atoms with Crippen molar-refractivity contribution in [3.63, 3.8) is 0 Å².